The van der Waals surface area contributed by atoms with Crippen LogP contribution >= 0.6 is 0 Å². The highest BCUT2D eigenvalue weighted by Crippen LogP contribution is 2.37. The number of carbonyl (C=O) groups is 5. The Morgan fingerprint density at radius 3 is 0.782 bits per heavy atom. The minimum absolute atomic E-state index is 0.00782. The summed E-state index contributed by atoms with van der Waals surface area (Å²) >= 11 is 0. The zero-order valence-electron chi connectivity index (χ0n) is 76.4. The van der Waals surface area contributed by atoms with Gasteiger partial charge in [0.25, 0.3) is 29.5 Å². The predicted octanol–water partition coefficient (Wildman–Crippen LogP) is 4.83. The molecule has 55 heteroatoms. The smallest absolute Gasteiger partial charge is 0.263 e. The average Bonchev–Trinajstić information content (AvgIpc) is 1.65. The molecule has 24 rings (SSSR count). The van der Waals surface area contributed by atoms with Crippen LogP contribution in [0.3, 0.4) is 0 Å². The molecule has 0 saturated carbocycles. The van der Waals surface area contributed by atoms with Gasteiger partial charge in [0.2, 0.25) is 29.4 Å². The fourth-order valence-electron chi connectivity index (χ4n) is 17.5. The van der Waals surface area contributed by atoms with E-state index in [2.05, 4.69) is 158 Å². The number of likely N-dealkylation sites (tertiary alicyclic amines) is 3. The minimum atomic E-state index is -0.591. The number of ether oxygens (including phenoxy) is 5. The number of hydrogen-bond acceptors (Lipinski definition) is 40. The number of halogens is 5. The van der Waals surface area contributed by atoms with Gasteiger partial charge in [-0.2, -0.15) is 24.9 Å². The first-order valence-corrected chi connectivity index (χ1v) is 45.1. The van der Waals surface area contributed by atoms with Gasteiger partial charge in [0.1, 0.15) is 118 Å². The number of amides is 5. The molecule has 738 valence electrons. The van der Waals surface area contributed by atoms with E-state index in [1.807, 2.05) is 14.1 Å². The molecule has 9 aliphatic heterocycles. The lowest BCUT2D eigenvalue weighted by atomic mass is 9.86. The van der Waals surface area contributed by atoms with E-state index in [0.717, 1.165) is 227 Å². The van der Waals surface area contributed by atoms with Gasteiger partial charge in [0.05, 0.1) is 93.0 Å². The second kappa shape index (κ2) is 42.3. The lowest BCUT2D eigenvalue weighted by Gasteiger charge is -2.44. The molecule has 0 radical (unpaired) electrons. The molecule has 0 aromatic carbocycles. The molecule has 9 fully saturated rings. The van der Waals surface area contributed by atoms with Gasteiger partial charge in [0.15, 0.2) is 86.4 Å². The quantitative estimate of drug-likeness (QED) is 0.0457. The number of aromatic nitrogens is 25. The topological polar surface area (TPSA) is 618 Å². The van der Waals surface area contributed by atoms with Crippen molar-refractivity contribution in [1.29, 1.82) is 0 Å². The molecule has 5 amide bonds. The lowest BCUT2D eigenvalue weighted by Crippen LogP contribution is -2.52. The molecule has 24 heterocycles. The summed E-state index contributed by atoms with van der Waals surface area (Å²) in [5.74, 6) is -3.64. The van der Waals surface area contributed by atoms with Crippen LogP contribution in [-0.4, -0.2) is 307 Å². The summed E-state index contributed by atoms with van der Waals surface area (Å²) in [5, 5.41) is 33.2. The maximum Gasteiger partial charge on any atom is 0.263 e. The third-order valence-corrected chi connectivity index (χ3v) is 24.5. The monoisotopic (exact) mass is 1950 g/mol. The molecule has 15 aromatic rings. The Hall–Kier alpha value is -16.7. The van der Waals surface area contributed by atoms with Crippen molar-refractivity contribution in [2.45, 2.75) is 94.7 Å². The van der Waals surface area contributed by atoms with Crippen molar-refractivity contribution < 1.29 is 69.6 Å². The molecule has 142 heavy (non-hydrogen) atoms. The summed E-state index contributed by atoms with van der Waals surface area (Å²) < 4.78 is 103. The Labute approximate surface area is 801 Å². The minimum Gasteiger partial charge on any atom is -0.473 e. The summed E-state index contributed by atoms with van der Waals surface area (Å²) in [5.41, 5.74) is 31.7. The second-order valence-electron chi connectivity index (χ2n) is 34.5. The van der Waals surface area contributed by atoms with E-state index < -0.39 is 58.6 Å². The summed E-state index contributed by atoms with van der Waals surface area (Å²) in [7, 11) is 6.12. The highest BCUT2D eigenvalue weighted by molar-refractivity contribution is 6.15. The molecular formula is C87H95F5N40O10. The number of carbonyl (C=O) groups excluding carboxylic acids is 5. The average molecular weight is 1960 g/mol. The van der Waals surface area contributed by atoms with Crippen molar-refractivity contribution in [3.8, 4) is 29.4 Å². The molecule has 50 nitrogen and oxygen atoms in total. The van der Waals surface area contributed by atoms with E-state index >= 15 is 0 Å². The van der Waals surface area contributed by atoms with Gasteiger partial charge in [-0.25, -0.2) is 94.4 Å². The van der Waals surface area contributed by atoms with Crippen molar-refractivity contribution in [1.82, 2.24) is 147 Å². The number of rotatable bonds is 20. The molecule has 0 aliphatic carbocycles. The predicted molar refractivity (Wildman–Crippen MR) is 497 cm³/mol. The number of nitrogens with zero attached hydrogens (tertiary/aromatic N) is 30. The largest absolute Gasteiger partial charge is 0.473 e. The number of nitrogen functional groups attached to an aromatic ring is 5. The molecule has 15 aromatic heterocycles. The van der Waals surface area contributed by atoms with Crippen LogP contribution in [0.5, 0.6) is 29.4 Å². The molecule has 0 unspecified atom stereocenters. The Balaban J connectivity index is 0.000000117. The normalized spacial score (nSPS) is 19.5. The van der Waals surface area contributed by atoms with Gasteiger partial charge < -0.3 is 93.6 Å². The van der Waals surface area contributed by atoms with Crippen LogP contribution in [0, 0.1) is 40.9 Å². The molecule has 15 N–H and O–H groups in total. The Kier molecular flexibility index (Phi) is 28.5. The third kappa shape index (κ3) is 22.0. The van der Waals surface area contributed by atoms with Crippen LogP contribution in [0.15, 0.2) is 125 Å². The molecule has 9 aliphatic rings. The highest BCUT2D eigenvalue weighted by atomic mass is 19.1. The zero-order chi connectivity index (χ0) is 98.9. The van der Waals surface area contributed by atoms with E-state index in [1.165, 1.54) is 62.6 Å². The van der Waals surface area contributed by atoms with Crippen molar-refractivity contribution in [2.24, 2.45) is 11.8 Å². The number of hydrogen-bond donors (Lipinski definition) is 10. The van der Waals surface area contributed by atoms with Crippen LogP contribution in [0.25, 0.3) is 28.2 Å². The van der Waals surface area contributed by atoms with E-state index in [9.17, 15) is 45.9 Å². The van der Waals surface area contributed by atoms with Gasteiger partial charge in [0, 0.05) is 39.3 Å². The van der Waals surface area contributed by atoms with Gasteiger partial charge in [-0.05, 0) is 136 Å². The number of fused-ring (bicyclic) bond motifs is 11. The van der Waals surface area contributed by atoms with Gasteiger partial charge in [-0.15, -0.1) is 25.5 Å². The first kappa shape index (κ1) is 95.6. The van der Waals surface area contributed by atoms with Crippen molar-refractivity contribution in [3.05, 3.63) is 181 Å². The maximum absolute atomic E-state index is 13.4. The zero-order valence-corrected chi connectivity index (χ0v) is 76.4. The van der Waals surface area contributed by atoms with Crippen LogP contribution in [0.1, 0.15) is 116 Å². The van der Waals surface area contributed by atoms with Crippen molar-refractivity contribution >= 4 is 115 Å². The number of piperidine rings is 9. The first-order chi connectivity index (χ1) is 68.7. The van der Waals surface area contributed by atoms with Gasteiger partial charge in [-0.3, -0.25) is 33.8 Å². The van der Waals surface area contributed by atoms with Crippen LogP contribution < -0.4 is 78.9 Å². The van der Waals surface area contributed by atoms with E-state index in [1.54, 1.807) is 0 Å². The highest BCUT2D eigenvalue weighted by Gasteiger charge is 2.40. The van der Waals surface area contributed by atoms with Crippen molar-refractivity contribution in [3.63, 3.8) is 0 Å². The molecule has 0 spiro atoms. The number of nitrogens with one attached hydrogen (secondary N) is 5. The Bertz CT molecular complexity index is 6820. The van der Waals surface area contributed by atoms with Gasteiger partial charge >= 0.3 is 0 Å². The molecular weight excluding hydrogens is 1860 g/mol. The standard InChI is InChI=1S/2C18H19FN8O2.3C17H19FN8O2/c2*19-11-5-22-16-14(15(20)25-27(16)7-11)17(28)24-12-6-21-9-23-18(12)29-13-8-26-3-1-10(13)2-4-26;1-25-4-2-11(3-5-25)28-17-12(7-20-9-22-17)23-16(27)13-14(19)24-26-8-10(18)6-21-15(13)26;2*1-25-4-2-3-11(8-25)28-17-12(6-20-9-22-17)23-16(27)13-14(19)24-26-7-10(18)5-21-15(13)26/h2*5-7,9-10,13H,1-4,8H2,(H2,20,25)(H,24,28);6-9,11H,2-5H2,1H3,(H2,19,24)(H,23,27);2*5-7,9,11H,2-4,8H2,1H3,(H2,19,24)(H,23,27)/t2*13-;;2*11-/m10.10/s1. The van der Waals surface area contributed by atoms with E-state index in [4.69, 9.17) is 52.4 Å². The second-order valence-corrected chi connectivity index (χ2v) is 34.5. The SMILES string of the molecule is CN1CCC(Oc2ncncc2NC(=O)c2c(N)nn3cc(F)cnc23)CC1.CN1CCC[C@@H](Oc2ncncc2NC(=O)c2c(N)nn3cc(F)cnc23)C1.CN1CCC[C@H](Oc2ncncc2NC(=O)c2c(N)nn3cc(F)cnc23)C1.Nc1nn2cc(F)cnc2c1C(=O)Nc1cncnc1O[C@@H]1CN2CCC1CC2.Nc1nn2cc(F)cnc2c1C(=O)Nc1cncnc1O[C@H]1CN2CCC1CC2. The van der Waals surface area contributed by atoms with Crippen LogP contribution in [0.4, 0.5) is 79.5 Å². The molecule has 4 bridgehead atoms. The lowest BCUT2D eigenvalue weighted by molar-refractivity contribution is -0.00966. The Morgan fingerprint density at radius 2 is 0.542 bits per heavy atom. The van der Waals surface area contributed by atoms with E-state index in [0.29, 0.717) is 52.0 Å². The number of anilines is 10. The van der Waals surface area contributed by atoms with Crippen LogP contribution in [-0.2, 0) is 0 Å². The Morgan fingerprint density at radius 1 is 0.296 bits per heavy atom. The fraction of sp³-hybridized carbons (Fsp3) is 0.368. The summed E-state index contributed by atoms with van der Waals surface area (Å²) in [6, 6.07) is 0. The van der Waals surface area contributed by atoms with Crippen LogP contribution in [0.2, 0.25) is 0 Å². The van der Waals surface area contributed by atoms with E-state index in [-0.39, 0.29) is 133 Å². The number of nitrogens with two attached hydrogens (primary N) is 5. The maximum atomic E-state index is 13.4. The third-order valence-electron chi connectivity index (χ3n) is 24.5. The molecule has 4 atom stereocenters. The van der Waals surface area contributed by atoms with Crippen molar-refractivity contribution in [2.75, 3.05) is 155 Å². The summed E-state index contributed by atoms with van der Waals surface area (Å²) in [6.07, 6.45) is 34.5. The molecule has 9 saturated heterocycles. The fourth-order valence-corrected chi connectivity index (χ4v) is 17.5. The van der Waals surface area contributed by atoms with Gasteiger partial charge in [-0.1, -0.05) is 0 Å². The number of likely N-dealkylation sites (N-methyl/N-ethyl adjacent to an activating group) is 2. The summed E-state index contributed by atoms with van der Waals surface area (Å²) in [6.45, 7) is 11.5. The first-order valence-electron chi connectivity index (χ1n) is 45.1. The summed E-state index contributed by atoms with van der Waals surface area (Å²) in [4.78, 5) is 136.